The summed E-state index contributed by atoms with van der Waals surface area (Å²) in [6.07, 6.45) is 3.89. The summed E-state index contributed by atoms with van der Waals surface area (Å²) in [6, 6.07) is 3.60. The maximum Gasteiger partial charge on any atom is 0.170 e. The molecule has 1 atom stereocenters. The standard InChI is InChI=1S/C15H15ClFN3O/c1-3-7-21-9(2)20-11-8-19-14(16)13(17)12(11)10-5-4-6-18-15(10)20/h4-6,8-9H,3,7H2,1-2H3. The fraction of sp³-hybridized carbons (Fsp3) is 0.333. The average molecular weight is 308 g/mol. The van der Waals surface area contributed by atoms with E-state index in [-0.39, 0.29) is 11.4 Å². The number of pyridine rings is 2. The van der Waals surface area contributed by atoms with Gasteiger partial charge in [0.25, 0.3) is 0 Å². The van der Waals surface area contributed by atoms with Gasteiger partial charge in [0.1, 0.15) is 11.9 Å². The molecule has 110 valence electrons. The van der Waals surface area contributed by atoms with E-state index in [1.165, 1.54) is 0 Å². The molecule has 3 heterocycles. The van der Waals surface area contributed by atoms with Gasteiger partial charge in [0.15, 0.2) is 11.0 Å². The largest absolute Gasteiger partial charge is 0.358 e. The lowest BCUT2D eigenvalue weighted by Gasteiger charge is -2.16. The van der Waals surface area contributed by atoms with E-state index in [4.69, 9.17) is 16.3 Å². The summed E-state index contributed by atoms with van der Waals surface area (Å²) in [5.41, 5.74) is 1.30. The molecular weight excluding hydrogens is 293 g/mol. The van der Waals surface area contributed by atoms with Crippen LogP contribution in [0.5, 0.6) is 0 Å². The topological polar surface area (TPSA) is 39.9 Å². The van der Waals surface area contributed by atoms with Crippen molar-refractivity contribution in [2.75, 3.05) is 6.61 Å². The van der Waals surface area contributed by atoms with Crippen molar-refractivity contribution in [3.05, 3.63) is 35.5 Å². The third-order valence-electron chi connectivity index (χ3n) is 3.43. The molecule has 6 heteroatoms. The number of aromatic nitrogens is 3. The molecule has 0 aliphatic heterocycles. The van der Waals surface area contributed by atoms with E-state index in [0.29, 0.717) is 28.5 Å². The molecule has 0 N–H and O–H groups in total. The molecule has 3 aromatic heterocycles. The van der Waals surface area contributed by atoms with Crippen LogP contribution in [0.25, 0.3) is 21.9 Å². The molecule has 0 bridgehead atoms. The number of ether oxygens (including phenoxy) is 1. The molecular formula is C15H15ClFN3O. The quantitative estimate of drug-likeness (QED) is 0.674. The van der Waals surface area contributed by atoms with Crippen LogP contribution in [0.3, 0.4) is 0 Å². The van der Waals surface area contributed by atoms with E-state index < -0.39 is 5.82 Å². The maximum absolute atomic E-state index is 14.4. The van der Waals surface area contributed by atoms with Crippen LogP contribution in [0.1, 0.15) is 26.5 Å². The van der Waals surface area contributed by atoms with Gasteiger partial charge < -0.3 is 4.74 Å². The SMILES string of the molecule is CCCOC(C)n1c2cnc(Cl)c(F)c2c2cccnc21. The van der Waals surface area contributed by atoms with Crippen molar-refractivity contribution in [2.45, 2.75) is 26.5 Å². The number of halogens is 2. The fourth-order valence-electron chi connectivity index (χ4n) is 2.52. The molecule has 0 aliphatic rings. The molecule has 0 radical (unpaired) electrons. The maximum atomic E-state index is 14.4. The molecule has 0 aromatic carbocycles. The first-order chi connectivity index (χ1) is 10.1. The minimum Gasteiger partial charge on any atom is -0.358 e. The van der Waals surface area contributed by atoms with Crippen LogP contribution in [-0.2, 0) is 4.74 Å². The Bertz CT molecular complexity index is 802. The summed E-state index contributed by atoms with van der Waals surface area (Å²) in [7, 11) is 0. The first-order valence-electron chi connectivity index (χ1n) is 6.85. The minimum atomic E-state index is -0.520. The van der Waals surface area contributed by atoms with Gasteiger partial charge in [0.05, 0.1) is 11.7 Å². The van der Waals surface area contributed by atoms with Gasteiger partial charge in [-0.2, -0.15) is 0 Å². The highest BCUT2D eigenvalue weighted by atomic mass is 35.5. The molecule has 3 aromatic rings. The third kappa shape index (κ3) is 2.26. The summed E-state index contributed by atoms with van der Waals surface area (Å²) in [5.74, 6) is -0.520. The van der Waals surface area contributed by atoms with Gasteiger partial charge >= 0.3 is 0 Å². The second-order valence-electron chi connectivity index (χ2n) is 4.84. The number of nitrogens with zero attached hydrogens (tertiary/aromatic N) is 3. The Morgan fingerprint density at radius 3 is 3.00 bits per heavy atom. The molecule has 0 saturated heterocycles. The van der Waals surface area contributed by atoms with Crippen molar-refractivity contribution in [3.63, 3.8) is 0 Å². The number of hydrogen-bond acceptors (Lipinski definition) is 3. The van der Waals surface area contributed by atoms with Crippen molar-refractivity contribution in [1.29, 1.82) is 0 Å². The molecule has 0 fully saturated rings. The van der Waals surface area contributed by atoms with E-state index in [9.17, 15) is 4.39 Å². The van der Waals surface area contributed by atoms with E-state index in [0.717, 1.165) is 6.42 Å². The van der Waals surface area contributed by atoms with Crippen LogP contribution in [0.2, 0.25) is 5.15 Å². The van der Waals surface area contributed by atoms with Gasteiger partial charge in [0, 0.05) is 23.6 Å². The van der Waals surface area contributed by atoms with Gasteiger partial charge in [-0.3, -0.25) is 4.57 Å². The summed E-state index contributed by atoms with van der Waals surface area (Å²) >= 11 is 5.81. The Labute approximate surface area is 126 Å². The summed E-state index contributed by atoms with van der Waals surface area (Å²) in [4.78, 5) is 8.28. The zero-order valence-corrected chi connectivity index (χ0v) is 12.6. The number of fused-ring (bicyclic) bond motifs is 3. The smallest absolute Gasteiger partial charge is 0.170 e. The third-order valence-corrected chi connectivity index (χ3v) is 3.69. The van der Waals surface area contributed by atoms with E-state index in [1.54, 1.807) is 18.5 Å². The lowest BCUT2D eigenvalue weighted by atomic mass is 10.2. The highest BCUT2D eigenvalue weighted by molar-refractivity contribution is 6.30. The second-order valence-corrected chi connectivity index (χ2v) is 5.20. The predicted molar refractivity (Wildman–Crippen MR) is 81.0 cm³/mol. The second kappa shape index (κ2) is 5.58. The Kier molecular flexibility index (Phi) is 3.78. The molecule has 21 heavy (non-hydrogen) atoms. The van der Waals surface area contributed by atoms with Crippen molar-refractivity contribution < 1.29 is 9.13 Å². The van der Waals surface area contributed by atoms with Crippen LogP contribution >= 0.6 is 11.6 Å². The Morgan fingerprint density at radius 1 is 1.43 bits per heavy atom. The van der Waals surface area contributed by atoms with E-state index in [1.807, 2.05) is 24.5 Å². The van der Waals surface area contributed by atoms with E-state index >= 15 is 0 Å². The molecule has 0 aliphatic carbocycles. The van der Waals surface area contributed by atoms with Crippen LogP contribution in [0.15, 0.2) is 24.5 Å². The Hall–Kier alpha value is -1.72. The van der Waals surface area contributed by atoms with Crippen LogP contribution in [-0.4, -0.2) is 21.1 Å². The number of hydrogen-bond donors (Lipinski definition) is 0. The van der Waals surface area contributed by atoms with Crippen LogP contribution in [0.4, 0.5) is 4.39 Å². The first kappa shape index (κ1) is 14.2. The fourth-order valence-corrected chi connectivity index (χ4v) is 2.67. The highest BCUT2D eigenvalue weighted by Crippen LogP contribution is 2.34. The Morgan fingerprint density at radius 2 is 2.24 bits per heavy atom. The van der Waals surface area contributed by atoms with Gasteiger partial charge in [-0.1, -0.05) is 18.5 Å². The normalized spacial score (nSPS) is 13.1. The average Bonchev–Trinajstić information content (AvgIpc) is 2.83. The van der Waals surface area contributed by atoms with Crippen LogP contribution in [0, 0.1) is 5.82 Å². The van der Waals surface area contributed by atoms with Crippen molar-refractivity contribution in [1.82, 2.24) is 14.5 Å². The zero-order valence-electron chi connectivity index (χ0n) is 11.8. The molecule has 0 saturated carbocycles. The van der Waals surface area contributed by atoms with Crippen molar-refractivity contribution >= 4 is 33.5 Å². The molecule has 0 spiro atoms. The van der Waals surface area contributed by atoms with Crippen molar-refractivity contribution in [3.8, 4) is 0 Å². The van der Waals surface area contributed by atoms with Crippen LogP contribution < -0.4 is 0 Å². The molecule has 3 rings (SSSR count). The monoisotopic (exact) mass is 307 g/mol. The lowest BCUT2D eigenvalue weighted by molar-refractivity contribution is 0.0221. The van der Waals surface area contributed by atoms with Gasteiger partial charge in [-0.15, -0.1) is 0 Å². The molecule has 0 amide bonds. The lowest BCUT2D eigenvalue weighted by Crippen LogP contribution is -2.10. The minimum absolute atomic E-state index is 0.132. The molecule has 4 nitrogen and oxygen atoms in total. The van der Waals surface area contributed by atoms with Gasteiger partial charge in [0.2, 0.25) is 0 Å². The molecule has 1 unspecified atom stereocenters. The zero-order chi connectivity index (χ0) is 15.0. The summed E-state index contributed by atoms with van der Waals surface area (Å²) in [6.45, 7) is 4.58. The highest BCUT2D eigenvalue weighted by Gasteiger charge is 2.20. The first-order valence-corrected chi connectivity index (χ1v) is 7.23. The summed E-state index contributed by atoms with van der Waals surface area (Å²) in [5, 5.41) is 1.01. The Balaban J connectivity index is 2.33. The van der Waals surface area contributed by atoms with Gasteiger partial charge in [-0.25, -0.2) is 14.4 Å². The van der Waals surface area contributed by atoms with E-state index in [2.05, 4.69) is 9.97 Å². The predicted octanol–water partition coefficient (Wildman–Crippen LogP) is 4.32. The van der Waals surface area contributed by atoms with Crippen molar-refractivity contribution in [2.24, 2.45) is 0 Å². The van der Waals surface area contributed by atoms with Gasteiger partial charge in [-0.05, 0) is 25.5 Å². The number of rotatable bonds is 4. The summed E-state index contributed by atoms with van der Waals surface area (Å²) < 4.78 is 22.0.